The van der Waals surface area contributed by atoms with Gasteiger partial charge < -0.3 is 10.5 Å². The molecule has 0 radical (unpaired) electrons. The molecule has 0 saturated carbocycles. The van der Waals surface area contributed by atoms with Gasteiger partial charge in [-0.15, -0.1) is 0 Å². The van der Waals surface area contributed by atoms with Crippen molar-refractivity contribution >= 4 is 17.4 Å². The second-order valence-corrected chi connectivity index (χ2v) is 4.91. The standard InChI is InChI=1S/C14H15NOS/c1-10-5-3-6-11(9-10)17-13-8-4-7-12(16-2)14(13)15/h3-9H,15H2,1-2H3. The van der Waals surface area contributed by atoms with Crippen molar-refractivity contribution in [2.24, 2.45) is 0 Å². The molecule has 17 heavy (non-hydrogen) atoms. The Hall–Kier alpha value is -1.61. The first-order valence-electron chi connectivity index (χ1n) is 5.37. The van der Waals surface area contributed by atoms with E-state index in [9.17, 15) is 0 Å². The molecule has 0 unspecified atom stereocenters. The lowest BCUT2D eigenvalue weighted by Crippen LogP contribution is -1.93. The third-order valence-electron chi connectivity index (χ3n) is 2.46. The molecular formula is C14H15NOS. The van der Waals surface area contributed by atoms with Crippen molar-refractivity contribution in [2.75, 3.05) is 12.8 Å². The van der Waals surface area contributed by atoms with Crippen molar-refractivity contribution in [1.82, 2.24) is 0 Å². The number of nitrogens with two attached hydrogens (primary N) is 1. The minimum atomic E-state index is 0.696. The van der Waals surface area contributed by atoms with Crippen LogP contribution in [0, 0.1) is 6.92 Å². The van der Waals surface area contributed by atoms with Gasteiger partial charge in [0.05, 0.1) is 12.8 Å². The Bertz CT molecular complexity index is 525. The molecule has 0 aliphatic heterocycles. The fraction of sp³-hybridized carbons (Fsp3) is 0.143. The van der Waals surface area contributed by atoms with Crippen LogP contribution in [-0.2, 0) is 0 Å². The number of hydrogen-bond donors (Lipinski definition) is 1. The summed E-state index contributed by atoms with van der Waals surface area (Å²) in [5.74, 6) is 0.725. The first-order chi connectivity index (χ1) is 8.20. The zero-order valence-corrected chi connectivity index (χ0v) is 10.8. The second-order valence-electron chi connectivity index (χ2n) is 3.79. The van der Waals surface area contributed by atoms with Crippen molar-refractivity contribution < 1.29 is 4.74 Å². The third kappa shape index (κ3) is 2.74. The summed E-state index contributed by atoms with van der Waals surface area (Å²) in [5, 5.41) is 0. The van der Waals surface area contributed by atoms with Crippen LogP contribution in [0.2, 0.25) is 0 Å². The number of para-hydroxylation sites is 1. The summed E-state index contributed by atoms with van der Waals surface area (Å²) in [5.41, 5.74) is 7.98. The predicted molar refractivity (Wildman–Crippen MR) is 72.7 cm³/mol. The molecule has 0 aromatic heterocycles. The molecule has 2 nitrogen and oxygen atoms in total. The maximum Gasteiger partial charge on any atom is 0.142 e. The van der Waals surface area contributed by atoms with E-state index < -0.39 is 0 Å². The van der Waals surface area contributed by atoms with Gasteiger partial charge in [-0.2, -0.15) is 0 Å². The molecule has 0 aliphatic rings. The fourth-order valence-corrected chi connectivity index (χ4v) is 2.60. The quantitative estimate of drug-likeness (QED) is 0.837. The van der Waals surface area contributed by atoms with Crippen LogP contribution < -0.4 is 10.5 Å². The van der Waals surface area contributed by atoms with Gasteiger partial charge in [0.15, 0.2) is 0 Å². The van der Waals surface area contributed by atoms with Gasteiger partial charge >= 0.3 is 0 Å². The van der Waals surface area contributed by atoms with Crippen LogP contribution in [0.1, 0.15) is 5.56 Å². The van der Waals surface area contributed by atoms with Crippen LogP contribution in [0.15, 0.2) is 52.3 Å². The molecule has 2 rings (SSSR count). The summed E-state index contributed by atoms with van der Waals surface area (Å²) in [7, 11) is 1.63. The van der Waals surface area contributed by atoms with Gasteiger partial charge in [-0.1, -0.05) is 35.5 Å². The lowest BCUT2D eigenvalue weighted by atomic mass is 10.2. The topological polar surface area (TPSA) is 35.2 Å². The van der Waals surface area contributed by atoms with E-state index in [2.05, 4.69) is 25.1 Å². The molecule has 88 valence electrons. The number of methoxy groups -OCH3 is 1. The highest BCUT2D eigenvalue weighted by molar-refractivity contribution is 7.99. The molecule has 0 spiro atoms. The number of rotatable bonds is 3. The summed E-state index contributed by atoms with van der Waals surface area (Å²) in [4.78, 5) is 2.21. The van der Waals surface area contributed by atoms with E-state index in [0.717, 1.165) is 10.6 Å². The zero-order valence-electron chi connectivity index (χ0n) is 9.94. The van der Waals surface area contributed by atoms with Gasteiger partial charge in [-0.05, 0) is 31.2 Å². The average Bonchev–Trinajstić information content (AvgIpc) is 2.32. The Morgan fingerprint density at radius 2 is 1.88 bits per heavy atom. The van der Waals surface area contributed by atoms with Crippen LogP contribution in [0.4, 0.5) is 5.69 Å². The zero-order chi connectivity index (χ0) is 12.3. The number of nitrogen functional groups attached to an aromatic ring is 1. The summed E-state index contributed by atoms with van der Waals surface area (Å²) >= 11 is 1.65. The summed E-state index contributed by atoms with van der Waals surface area (Å²) in [6.45, 7) is 2.08. The SMILES string of the molecule is COc1cccc(Sc2cccc(C)c2)c1N. The van der Waals surface area contributed by atoms with Crippen molar-refractivity contribution in [1.29, 1.82) is 0 Å². The Labute approximate surface area is 106 Å². The number of ether oxygens (including phenoxy) is 1. The van der Waals surface area contributed by atoms with Crippen molar-refractivity contribution in [3.8, 4) is 5.75 Å². The molecule has 0 aliphatic carbocycles. The largest absolute Gasteiger partial charge is 0.495 e. The summed E-state index contributed by atoms with van der Waals surface area (Å²) in [6.07, 6.45) is 0. The molecule has 0 atom stereocenters. The number of anilines is 1. The van der Waals surface area contributed by atoms with Gasteiger partial charge in [0.2, 0.25) is 0 Å². The summed E-state index contributed by atoms with van der Waals surface area (Å²) in [6, 6.07) is 14.2. The van der Waals surface area contributed by atoms with E-state index in [1.165, 1.54) is 10.5 Å². The number of hydrogen-bond acceptors (Lipinski definition) is 3. The smallest absolute Gasteiger partial charge is 0.142 e. The highest BCUT2D eigenvalue weighted by atomic mass is 32.2. The van der Waals surface area contributed by atoms with E-state index in [1.54, 1.807) is 18.9 Å². The summed E-state index contributed by atoms with van der Waals surface area (Å²) < 4.78 is 5.21. The Kier molecular flexibility index (Phi) is 3.59. The Morgan fingerprint density at radius 1 is 1.12 bits per heavy atom. The average molecular weight is 245 g/mol. The fourth-order valence-electron chi connectivity index (χ4n) is 1.60. The van der Waals surface area contributed by atoms with Crippen LogP contribution in [0.25, 0.3) is 0 Å². The highest BCUT2D eigenvalue weighted by Crippen LogP contribution is 2.36. The van der Waals surface area contributed by atoms with Gasteiger partial charge in [0.1, 0.15) is 5.75 Å². The predicted octanol–water partition coefficient (Wildman–Crippen LogP) is 3.74. The first-order valence-corrected chi connectivity index (χ1v) is 6.19. The second kappa shape index (κ2) is 5.15. The minimum absolute atomic E-state index is 0.696. The van der Waals surface area contributed by atoms with Crippen LogP contribution >= 0.6 is 11.8 Å². The maximum absolute atomic E-state index is 6.03. The van der Waals surface area contributed by atoms with Gasteiger partial charge in [-0.25, -0.2) is 0 Å². The van der Waals surface area contributed by atoms with Crippen LogP contribution in [0.5, 0.6) is 5.75 Å². The monoisotopic (exact) mass is 245 g/mol. The molecule has 3 heteroatoms. The van der Waals surface area contributed by atoms with Crippen molar-refractivity contribution in [2.45, 2.75) is 16.7 Å². The number of benzene rings is 2. The first kappa shape index (κ1) is 11.9. The lowest BCUT2D eigenvalue weighted by molar-refractivity contribution is 0.416. The third-order valence-corrected chi connectivity index (χ3v) is 3.53. The Balaban J connectivity index is 2.30. The molecular weight excluding hydrogens is 230 g/mol. The van der Waals surface area contributed by atoms with E-state index in [0.29, 0.717) is 5.69 Å². The normalized spacial score (nSPS) is 10.2. The molecule has 0 heterocycles. The molecule has 2 aromatic carbocycles. The van der Waals surface area contributed by atoms with E-state index in [4.69, 9.17) is 10.5 Å². The van der Waals surface area contributed by atoms with Crippen molar-refractivity contribution in [3.05, 3.63) is 48.0 Å². The Morgan fingerprint density at radius 3 is 2.59 bits per heavy atom. The molecule has 0 fully saturated rings. The van der Waals surface area contributed by atoms with Gasteiger partial charge in [-0.3, -0.25) is 0 Å². The van der Waals surface area contributed by atoms with Gasteiger partial charge in [0, 0.05) is 9.79 Å². The van der Waals surface area contributed by atoms with Gasteiger partial charge in [0.25, 0.3) is 0 Å². The molecule has 0 saturated heterocycles. The van der Waals surface area contributed by atoms with E-state index >= 15 is 0 Å². The van der Waals surface area contributed by atoms with Crippen molar-refractivity contribution in [3.63, 3.8) is 0 Å². The van der Waals surface area contributed by atoms with Crippen LogP contribution in [0.3, 0.4) is 0 Å². The minimum Gasteiger partial charge on any atom is -0.495 e. The highest BCUT2D eigenvalue weighted by Gasteiger charge is 2.06. The van der Waals surface area contributed by atoms with Crippen LogP contribution in [-0.4, -0.2) is 7.11 Å². The molecule has 0 bridgehead atoms. The molecule has 0 amide bonds. The number of aryl methyl sites for hydroxylation is 1. The van der Waals surface area contributed by atoms with E-state index in [1.807, 2.05) is 24.3 Å². The molecule has 2 aromatic rings. The van der Waals surface area contributed by atoms with E-state index in [-0.39, 0.29) is 0 Å². The lowest BCUT2D eigenvalue weighted by Gasteiger charge is -2.09. The molecule has 2 N–H and O–H groups in total. The maximum atomic E-state index is 6.03.